The highest BCUT2D eigenvalue weighted by atomic mass is 32.1. The fraction of sp³-hybridized carbons (Fsp3) is 0.227. The zero-order chi connectivity index (χ0) is 21.1. The van der Waals surface area contributed by atoms with Crippen molar-refractivity contribution >= 4 is 34.0 Å². The molecule has 30 heavy (non-hydrogen) atoms. The molecule has 0 spiro atoms. The van der Waals surface area contributed by atoms with E-state index in [1.807, 2.05) is 49.3 Å². The first-order chi connectivity index (χ1) is 14.5. The first-order valence-corrected chi connectivity index (χ1v) is 10.5. The van der Waals surface area contributed by atoms with E-state index < -0.39 is 5.76 Å². The molecule has 0 fully saturated rings. The zero-order valence-corrected chi connectivity index (χ0v) is 17.6. The van der Waals surface area contributed by atoms with E-state index in [2.05, 4.69) is 10.3 Å². The molecule has 7 nitrogen and oxygen atoms in total. The average Bonchev–Trinajstić information content (AvgIpc) is 3.31. The molecule has 0 aliphatic carbocycles. The summed E-state index contributed by atoms with van der Waals surface area (Å²) in [6.45, 7) is 1.21. The van der Waals surface area contributed by atoms with Crippen molar-refractivity contribution in [3.8, 4) is 0 Å². The Morgan fingerprint density at radius 3 is 2.77 bits per heavy atom. The molecule has 0 radical (unpaired) electrons. The second-order valence-electron chi connectivity index (χ2n) is 7.25. The molecular weight excluding hydrogens is 400 g/mol. The summed E-state index contributed by atoms with van der Waals surface area (Å²) in [4.78, 5) is 31.3. The Bertz CT molecular complexity index is 1220. The van der Waals surface area contributed by atoms with Gasteiger partial charge in [0.2, 0.25) is 0 Å². The van der Waals surface area contributed by atoms with E-state index in [1.54, 1.807) is 28.1 Å². The largest absolute Gasteiger partial charge is 0.419 e. The lowest BCUT2D eigenvalue weighted by Crippen LogP contribution is -2.23. The van der Waals surface area contributed by atoms with Gasteiger partial charge in [0.05, 0.1) is 10.5 Å². The van der Waals surface area contributed by atoms with E-state index in [1.165, 1.54) is 11.3 Å². The third-order valence-electron chi connectivity index (χ3n) is 4.68. The lowest BCUT2D eigenvalue weighted by molar-refractivity contribution is 0.102. The van der Waals surface area contributed by atoms with Crippen LogP contribution in [0, 0.1) is 0 Å². The number of carbonyl (C=O) groups excluding carboxylic acids is 1. The van der Waals surface area contributed by atoms with Crippen molar-refractivity contribution in [3.05, 3.63) is 80.7 Å². The first-order valence-electron chi connectivity index (χ1n) is 9.57. The maximum absolute atomic E-state index is 12.7. The van der Waals surface area contributed by atoms with Gasteiger partial charge in [0.15, 0.2) is 5.58 Å². The number of likely N-dealkylation sites (N-methyl/N-ethyl adjacent to an activating group) is 1. The van der Waals surface area contributed by atoms with Crippen LogP contribution in [-0.4, -0.2) is 41.0 Å². The van der Waals surface area contributed by atoms with Crippen molar-refractivity contribution in [1.82, 2.24) is 14.5 Å². The molecule has 4 rings (SSSR count). The number of hydrogen-bond acceptors (Lipinski definition) is 6. The lowest BCUT2D eigenvalue weighted by atomic mass is 10.2. The van der Waals surface area contributed by atoms with Gasteiger partial charge in [-0.1, -0.05) is 30.3 Å². The topological polar surface area (TPSA) is 80.4 Å². The molecule has 0 bridgehead atoms. The van der Waals surface area contributed by atoms with Gasteiger partial charge < -0.3 is 14.6 Å². The van der Waals surface area contributed by atoms with Crippen molar-refractivity contribution in [2.75, 3.05) is 26.0 Å². The maximum atomic E-state index is 12.7. The number of fused-ring (bicyclic) bond motifs is 1. The minimum atomic E-state index is -0.402. The number of thiazole rings is 1. The van der Waals surface area contributed by atoms with Crippen LogP contribution >= 0.6 is 11.3 Å². The zero-order valence-electron chi connectivity index (χ0n) is 16.8. The molecule has 0 saturated heterocycles. The van der Waals surface area contributed by atoms with Gasteiger partial charge in [-0.25, -0.2) is 9.78 Å². The molecule has 2 heterocycles. The van der Waals surface area contributed by atoms with Crippen LogP contribution in [0.3, 0.4) is 0 Å². The monoisotopic (exact) mass is 422 g/mol. The van der Waals surface area contributed by atoms with Crippen molar-refractivity contribution in [1.29, 1.82) is 0 Å². The Kier molecular flexibility index (Phi) is 5.78. The van der Waals surface area contributed by atoms with E-state index in [4.69, 9.17) is 4.42 Å². The molecule has 0 aliphatic rings. The Morgan fingerprint density at radius 1 is 1.20 bits per heavy atom. The van der Waals surface area contributed by atoms with Crippen LogP contribution in [0.25, 0.3) is 11.1 Å². The van der Waals surface area contributed by atoms with Crippen LogP contribution < -0.4 is 11.1 Å². The van der Waals surface area contributed by atoms with Crippen LogP contribution in [0.4, 0.5) is 5.69 Å². The number of carbonyl (C=O) groups is 1. The van der Waals surface area contributed by atoms with Gasteiger partial charge >= 0.3 is 5.76 Å². The Morgan fingerprint density at radius 2 is 2.00 bits per heavy atom. The van der Waals surface area contributed by atoms with Gasteiger partial charge in [0.1, 0.15) is 5.69 Å². The summed E-state index contributed by atoms with van der Waals surface area (Å²) in [5.74, 6) is -0.684. The Balaban J connectivity index is 1.50. The smallest absolute Gasteiger partial charge is 0.408 e. The van der Waals surface area contributed by atoms with Gasteiger partial charge in [-0.05, 0) is 37.9 Å². The molecule has 0 saturated carbocycles. The molecule has 2 aromatic heterocycles. The minimum Gasteiger partial charge on any atom is -0.408 e. The predicted octanol–water partition coefficient (Wildman–Crippen LogP) is 3.46. The number of hydrogen-bond donors (Lipinski definition) is 1. The maximum Gasteiger partial charge on any atom is 0.419 e. The van der Waals surface area contributed by atoms with Gasteiger partial charge in [-0.3, -0.25) is 9.36 Å². The van der Waals surface area contributed by atoms with E-state index in [0.717, 1.165) is 10.6 Å². The first kappa shape index (κ1) is 20.1. The van der Waals surface area contributed by atoms with Crippen LogP contribution in [0.15, 0.2) is 63.1 Å². The van der Waals surface area contributed by atoms with Crippen molar-refractivity contribution < 1.29 is 9.21 Å². The number of benzene rings is 2. The van der Waals surface area contributed by atoms with Gasteiger partial charge in [-0.2, -0.15) is 0 Å². The third-order valence-corrected chi connectivity index (χ3v) is 5.53. The number of rotatable bonds is 7. The molecule has 2 aromatic carbocycles. The standard InChI is InChI=1S/C22H22N4O3S/c1-25(2)10-11-26-18-13-16(8-9-19(18)29-22(26)28)23-21(27)17-14-30-20(24-17)12-15-6-4-3-5-7-15/h3-9,13-14H,10-12H2,1-2H3,(H,23,27). The second-order valence-corrected chi connectivity index (χ2v) is 8.19. The number of amides is 1. The van der Waals surface area contributed by atoms with Gasteiger partial charge in [0, 0.05) is 30.6 Å². The Labute approximate surface area is 177 Å². The average molecular weight is 423 g/mol. The highest BCUT2D eigenvalue weighted by molar-refractivity contribution is 7.09. The molecule has 0 unspecified atom stereocenters. The summed E-state index contributed by atoms with van der Waals surface area (Å²) < 4.78 is 6.88. The number of anilines is 1. The van der Waals surface area contributed by atoms with Gasteiger partial charge in [-0.15, -0.1) is 11.3 Å². The second kappa shape index (κ2) is 8.64. The molecule has 4 aromatic rings. The summed E-state index contributed by atoms with van der Waals surface area (Å²) in [5, 5.41) is 5.51. The minimum absolute atomic E-state index is 0.282. The normalized spacial score (nSPS) is 11.3. The van der Waals surface area contributed by atoms with E-state index >= 15 is 0 Å². The van der Waals surface area contributed by atoms with Crippen LogP contribution in [-0.2, 0) is 13.0 Å². The molecule has 8 heteroatoms. The summed E-state index contributed by atoms with van der Waals surface area (Å²) in [6.07, 6.45) is 0.692. The number of aromatic nitrogens is 2. The molecule has 1 N–H and O–H groups in total. The quantitative estimate of drug-likeness (QED) is 0.493. The molecular formula is C22H22N4O3S. The summed E-state index contributed by atoms with van der Waals surface area (Å²) in [7, 11) is 3.89. The molecule has 1 amide bonds. The SMILES string of the molecule is CN(C)CCn1c(=O)oc2ccc(NC(=O)c3csc(Cc4ccccc4)n3)cc21. The fourth-order valence-corrected chi connectivity index (χ4v) is 3.92. The van der Waals surface area contributed by atoms with Crippen LogP contribution in [0.2, 0.25) is 0 Å². The number of nitrogens with zero attached hydrogens (tertiary/aromatic N) is 3. The van der Waals surface area contributed by atoms with E-state index in [-0.39, 0.29) is 5.91 Å². The Hall–Kier alpha value is -3.23. The molecule has 0 aliphatic heterocycles. The van der Waals surface area contributed by atoms with Crippen molar-refractivity contribution in [2.45, 2.75) is 13.0 Å². The van der Waals surface area contributed by atoms with Crippen molar-refractivity contribution in [2.24, 2.45) is 0 Å². The summed E-state index contributed by atoms with van der Waals surface area (Å²) >= 11 is 1.46. The molecule has 154 valence electrons. The summed E-state index contributed by atoms with van der Waals surface area (Å²) in [5.41, 5.74) is 3.27. The highest BCUT2D eigenvalue weighted by Crippen LogP contribution is 2.20. The van der Waals surface area contributed by atoms with Gasteiger partial charge in [0.25, 0.3) is 5.91 Å². The number of nitrogens with one attached hydrogen (secondary N) is 1. The van der Waals surface area contributed by atoms with E-state index in [0.29, 0.717) is 42.0 Å². The fourth-order valence-electron chi connectivity index (χ4n) is 3.11. The lowest BCUT2D eigenvalue weighted by Gasteiger charge is -2.09. The number of oxazole rings is 1. The van der Waals surface area contributed by atoms with E-state index in [9.17, 15) is 9.59 Å². The summed E-state index contributed by atoms with van der Waals surface area (Å²) in [6, 6.07) is 15.2. The molecule has 0 atom stereocenters. The van der Waals surface area contributed by atoms with Crippen LogP contribution in [0.1, 0.15) is 21.1 Å². The van der Waals surface area contributed by atoms with Crippen LogP contribution in [0.5, 0.6) is 0 Å². The predicted molar refractivity (Wildman–Crippen MR) is 118 cm³/mol. The van der Waals surface area contributed by atoms with Crippen molar-refractivity contribution in [3.63, 3.8) is 0 Å². The third kappa shape index (κ3) is 4.50. The highest BCUT2D eigenvalue weighted by Gasteiger charge is 2.14.